The van der Waals surface area contributed by atoms with Gasteiger partial charge in [-0.05, 0) is 42.5 Å². The van der Waals surface area contributed by atoms with Gasteiger partial charge in [0.1, 0.15) is 11.5 Å². The molecule has 0 amide bonds. The van der Waals surface area contributed by atoms with E-state index >= 15 is 0 Å². The molecule has 1 aromatic carbocycles. The topological polar surface area (TPSA) is 58.1 Å². The van der Waals surface area contributed by atoms with Crippen LogP contribution in [0.1, 0.15) is 23.8 Å². The first-order valence-corrected chi connectivity index (χ1v) is 10.6. The van der Waals surface area contributed by atoms with E-state index in [1.165, 1.54) is 10.4 Å². The molecule has 1 saturated heterocycles. The Morgan fingerprint density at radius 1 is 1.25 bits per heavy atom. The highest BCUT2D eigenvalue weighted by Crippen LogP contribution is 2.24. The molecular formula is C21H30N4O2S. The number of methoxy groups -OCH3 is 2. The smallest absolute Gasteiger partial charge is 0.191 e. The zero-order chi connectivity index (χ0) is 19.8. The molecule has 2 N–H and O–H groups in total. The van der Waals surface area contributed by atoms with Gasteiger partial charge in [-0.3, -0.25) is 4.90 Å². The Labute approximate surface area is 171 Å². The fourth-order valence-corrected chi connectivity index (χ4v) is 4.01. The van der Waals surface area contributed by atoms with E-state index in [1.54, 1.807) is 25.6 Å². The van der Waals surface area contributed by atoms with Crippen LogP contribution in [0.2, 0.25) is 0 Å². The molecule has 0 radical (unpaired) electrons. The minimum absolute atomic E-state index is 0.397. The molecule has 6 nitrogen and oxygen atoms in total. The van der Waals surface area contributed by atoms with Crippen molar-refractivity contribution in [2.24, 2.45) is 4.99 Å². The summed E-state index contributed by atoms with van der Waals surface area (Å²) >= 11 is 1.74. The van der Waals surface area contributed by atoms with Gasteiger partial charge in [0.15, 0.2) is 5.96 Å². The number of ether oxygens (including phenoxy) is 2. The maximum absolute atomic E-state index is 5.39. The van der Waals surface area contributed by atoms with Crippen LogP contribution in [0.15, 0.2) is 40.7 Å². The van der Waals surface area contributed by atoms with Gasteiger partial charge in [-0.25, -0.2) is 4.99 Å². The lowest BCUT2D eigenvalue weighted by atomic mass is 10.2. The first-order valence-electron chi connectivity index (χ1n) is 9.71. The molecule has 7 heteroatoms. The van der Waals surface area contributed by atoms with Gasteiger partial charge in [0, 0.05) is 43.2 Å². The lowest BCUT2D eigenvalue weighted by Crippen LogP contribution is -2.44. The van der Waals surface area contributed by atoms with Gasteiger partial charge in [-0.2, -0.15) is 0 Å². The summed E-state index contributed by atoms with van der Waals surface area (Å²) in [7, 11) is 3.37. The Balaban J connectivity index is 1.56. The first-order chi connectivity index (χ1) is 13.7. The molecule has 0 aliphatic carbocycles. The standard InChI is InChI=1S/C21H30N4O2S/c1-4-22-21(23-13-20-6-5-9-28-20)24-17-7-8-25(15-17)14-16-10-18(26-2)12-19(11-16)27-3/h5-6,9-12,17H,4,7-8,13-15H2,1-3H3,(H2,22,23,24). The minimum Gasteiger partial charge on any atom is -0.497 e. The van der Waals surface area contributed by atoms with Crippen molar-refractivity contribution in [3.63, 3.8) is 0 Å². The molecule has 0 spiro atoms. The fraction of sp³-hybridized carbons (Fsp3) is 0.476. The number of nitrogens with zero attached hydrogens (tertiary/aromatic N) is 2. The highest BCUT2D eigenvalue weighted by molar-refractivity contribution is 7.09. The van der Waals surface area contributed by atoms with E-state index in [-0.39, 0.29) is 0 Å². The van der Waals surface area contributed by atoms with Gasteiger partial charge in [-0.1, -0.05) is 6.07 Å². The Morgan fingerprint density at radius 2 is 2.04 bits per heavy atom. The van der Waals surface area contributed by atoms with Gasteiger partial charge >= 0.3 is 0 Å². The van der Waals surface area contributed by atoms with Gasteiger partial charge in [-0.15, -0.1) is 11.3 Å². The Morgan fingerprint density at radius 3 is 2.68 bits per heavy atom. The molecule has 1 aliphatic heterocycles. The van der Waals surface area contributed by atoms with Crippen LogP contribution in [-0.4, -0.2) is 50.8 Å². The first kappa shape index (κ1) is 20.5. The van der Waals surface area contributed by atoms with E-state index in [0.29, 0.717) is 12.6 Å². The lowest BCUT2D eigenvalue weighted by molar-refractivity contribution is 0.321. The number of hydrogen-bond acceptors (Lipinski definition) is 5. The number of nitrogens with one attached hydrogen (secondary N) is 2. The van der Waals surface area contributed by atoms with Crippen molar-refractivity contribution in [1.82, 2.24) is 15.5 Å². The van der Waals surface area contributed by atoms with Crippen LogP contribution in [0.5, 0.6) is 11.5 Å². The van der Waals surface area contributed by atoms with Crippen molar-refractivity contribution < 1.29 is 9.47 Å². The largest absolute Gasteiger partial charge is 0.497 e. The summed E-state index contributed by atoms with van der Waals surface area (Å²) < 4.78 is 10.8. The molecular weight excluding hydrogens is 372 g/mol. The highest BCUT2D eigenvalue weighted by Gasteiger charge is 2.23. The molecule has 1 atom stereocenters. The molecule has 2 heterocycles. The maximum atomic E-state index is 5.39. The number of thiophene rings is 1. The summed E-state index contributed by atoms with van der Waals surface area (Å²) in [5.41, 5.74) is 1.20. The van der Waals surface area contributed by atoms with E-state index in [2.05, 4.69) is 52.1 Å². The van der Waals surface area contributed by atoms with E-state index < -0.39 is 0 Å². The van der Waals surface area contributed by atoms with Crippen molar-refractivity contribution in [2.45, 2.75) is 32.5 Å². The van der Waals surface area contributed by atoms with Gasteiger partial charge in [0.05, 0.1) is 20.8 Å². The van der Waals surface area contributed by atoms with Crippen molar-refractivity contribution in [2.75, 3.05) is 33.9 Å². The SMILES string of the molecule is CCNC(=NCc1cccs1)NC1CCN(Cc2cc(OC)cc(OC)c2)C1. The number of aliphatic imine (C=N–C) groups is 1. The quantitative estimate of drug-likeness (QED) is 0.525. The summed E-state index contributed by atoms with van der Waals surface area (Å²) in [6, 6.07) is 10.7. The van der Waals surface area contributed by atoms with Crippen LogP contribution in [0.4, 0.5) is 0 Å². The third-order valence-electron chi connectivity index (χ3n) is 4.75. The summed E-state index contributed by atoms with van der Waals surface area (Å²) in [5, 5.41) is 9.04. The van der Waals surface area contributed by atoms with E-state index in [1.807, 2.05) is 6.07 Å². The number of rotatable bonds is 8. The van der Waals surface area contributed by atoms with Crippen molar-refractivity contribution in [1.29, 1.82) is 0 Å². The lowest BCUT2D eigenvalue weighted by Gasteiger charge is -2.19. The Hall–Kier alpha value is -2.25. The normalized spacial score (nSPS) is 17.5. The molecule has 1 aromatic heterocycles. The molecule has 152 valence electrons. The molecule has 1 aliphatic rings. The second-order valence-electron chi connectivity index (χ2n) is 6.86. The molecule has 3 rings (SSSR count). The summed E-state index contributed by atoms with van der Waals surface area (Å²) in [5.74, 6) is 2.56. The average molecular weight is 403 g/mol. The third kappa shape index (κ3) is 5.87. The predicted octanol–water partition coefficient (Wildman–Crippen LogP) is 3.09. The van der Waals surface area contributed by atoms with E-state index in [9.17, 15) is 0 Å². The maximum Gasteiger partial charge on any atom is 0.191 e. The van der Waals surface area contributed by atoms with Crippen LogP contribution in [0.25, 0.3) is 0 Å². The molecule has 28 heavy (non-hydrogen) atoms. The van der Waals surface area contributed by atoms with Gasteiger partial charge in [0.25, 0.3) is 0 Å². The van der Waals surface area contributed by atoms with Crippen molar-refractivity contribution in [3.05, 3.63) is 46.2 Å². The van der Waals surface area contributed by atoms with Gasteiger partial charge < -0.3 is 20.1 Å². The zero-order valence-corrected chi connectivity index (χ0v) is 17.7. The van der Waals surface area contributed by atoms with Crippen LogP contribution in [0, 0.1) is 0 Å². The Bertz CT molecular complexity index is 742. The van der Waals surface area contributed by atoms with Crippen molar-refractivity contribution in [3.8, 4) is 11.5 Å². The number of benzene rings is 1. The predicted molar refractivity (Wildman–Crippen MR) is 115 cm³/mol. The summed E-state index contributed by atoms with van der Waals surface area (Å²) in [4.78, 5) is 8.46. The molecule has 2 aromatic rings. The zero-order valence-electron chi connectivity index (χ0n) is 16.9. The molecule has 0 bridgehead atoms. The summed E-state index contributed by atoms with van der Waals surface area (Å²) in [6.45, 7) is 6.60. The van der Waals surface area contributed by atoms with Crippen LogP contribution in [0.3, 0.4) is 0 Å². The van der Waals surface area contributed by atoms with Crippen LogP contribution < -0.4 is 20.1 Å². The van der Waals surface area contributed by atoms with E-state index in [4.69, 9.17) is 14.5 Å². The van der Waals surface area contributed by atoms with Gasteiger partial charge in [0.2, 0.25) is 0 Å². The molecule has 1 unspecified atom stereocenters. The second kappa shape index (κ2) is 10.3. The number of guanidine groups is 1. The summed E-state index contributed by atoms with van der Waals surface area (Å²) in [6.07, 6.45) is 1.10. The molecule has 0 saturated carbocycles. The average Bonchev–Trinajstić information content (AvgIpc) is 3.38. The number of likely N-dealkylation sites (tertiary alicyclic amines) is 1. The van der Waals surface area contributed by atoms with Crippen LogP contribution >= 0.6 is 11.3 Å². The Kier molecular flexibility index (Phi) is 7.56. The fourth-order valence-electron chi connectivity index (χ4n) is 3.38. The second-order valence-corrected chi connectivity index (χ2v) is 7.89. The van der Waals surface area contributed by atoms with E-state index in [0.717, 1.165) is 50.1 Å². The minimum atomic E-state index is 0.397. The monoisotopic (exact) mass is 402 g/mol. The van der Waals surface area contributed by atoms with Crippen LogP contribution in [-0.2, 0) is 13.1 Å². The number of hydrogen-bond donors (Lipinski definition) is 2. The third-order valence-corrected chi connectivity index (χ3v) is 5.61. The highest BCUT2D eigenvalue weighted by atomic mass is 32.1. The molecule has 1 fully saturated rings. The van der Waals surface area contributed by atoms with Crippen molar-refractivity contribution >= 4 is 17.3 Å².